The summed E-state index contributed by atoms with van der Waals surface area (Å²) in [6, 6.07) is 5.63. The normalized spacial score (nSPS) is 24.8. The molecule has 1 saturated heterocycles. The lowest BCUT2D eigenvalue weighted by Crippen LogP contribution is -2.33. The number of rotatable bonds is 5. The van der Waals surface area contributed by atoms with E-state index in [1.54, 1.807) is 0 Å². The van der Waals surface area contributed by atoms with E-state index in [-0.39, 0.29) is 12.4 Å². The Bertz CT molecular complexity index is 999. The Kier molecular flexibility index (Phi) is 5.33. The van der Waals surface area contributed by atoms with Crippen LogP contribution < -0.4 is 11.5 Å². The number of aliphatic hydroxyl groups is 2. The number of imidazole rings is 1. The van der Waals surface area contributed by atoms with Gasteiger partial charge in [0.1, 0.15) is 30.2 Å². The van der Waals surface area contributed by atoms with Gasteiger partial charge in [-0.3, -0.25) is 4.57 Å². The molecule has 28 heavy (non-hydrogen) atoms. The predicted molar refractivity (Wildman–Crippen MR) is 109 cm³/mol. The lowest BCUT2D eigenvalue weighted by molar-refractivity contribution is -0.0682. The number of nitrogen functional groups attached to an aromatic ring is 2. The molecule has 148 valence electrons. The Labute approximate surface area is 173 Å². The quantitative estimate of drug-likeness (QED) is 0.290. The van der Waals surface area contributed by atoms with Crippen molar-refractivity contribution in [2.24, 2.45) is 0 Å². The highest BCUT2D eigenvalue weighted by atomic mass is 127. The van der Waals surface area contributed by atoms with Crippen molar-refractivity contribution in [2.75, 3.05) is 18.1 Å². The summed E-state index contributed by atoms with van der Waals surface area (Å²) in [7, 11) is 0. The molecule has 0 spiro atoms. The van der Waals surface area contributed by atoms with Gasteiger partial charge in [-0.1, -0.05) is 6.07 Å². The Balaban J connectivity index is 1.44. The highest BCUT2D eigenvalue weighted by Gasteiger charge is 2.44. The van der Waals surface area contributed by atoms with Gasteiger partial charge < -0.3 is 31.2 Å². The lowest BCUT2D eigenvalue weighted by Gasteiger charge is -2.16. The molecule has 10 nitrogen and oxygen atoms in total. The van der Waals surface area contributed by atoms with Crippen LogP contribution >= 0.6 is 22.6 Å². The van der Waals surface area contributed by atoms with Crippen molar-refractivity contribution in [3.63, 3.8) is 0 Å². The zero-order chi connectivity index (χ0) is 19.8. The van der Waals surface area contributed by atoms with E-state index in [1.165, 1.54) is 17.2 Å². The molecule has 0 amide bonds. The summed E-state index contributed by atoms with van der Waals surface area (Å²) in [4.78, 5) is 12.2. The van der Waals surface area contributed by atoms with Crippen molar-refractivity contribution < 1.29 is 19.7 Å². The molecule has 0 radical (unpaired) electrons. The van der Waals surface area contributed by atoms with Crippen LogP contribution in [-0.4, -0.2) is 54.7 Å². The van der Waals surface area contributed by atoms with Crippen LogP contribution in [0.5, 0.6) is 0 Å². The smallest absolute Gasteiger partial charge is 0.167 e. The highest BCUT2D eigenvalue weighted by Crippen LogP contribution is 2.32. The van der Waals surface area contributed by atoms with Gasteiger partial charge >= 0.3 is 0 Å². The standard InChI is InChI=1S/C17H19IN6O4/c18-9-3-8(1-2-10(9)19)4-27-5-11-13(25)14(26)17(28-11)24-7-23-12-15(20)21-6-22-16(12)24/h1-3,6-7,11,13-14,17,25-26H,4-5,19H2,(H2,20,21,22)/t11-,13-,14-,17-/m1/s1. The minimum Gasteiger partial charge on any atom is -0.398 e. The molecule has 1 fully saturated rings. The Hall–Kier alpha value is -2.06. The van der Waals surface area contributed by atoms with Crippen LogP contribution in [0.4, 0.5) is 11.5 Å². The van der Waals surface area contributed by atoms with Crippen LogP contribution in [0, 0.1) is 3.57 Å². The average molecular weight is 498 g/mol. The average Bonchev–Trinajstić information content (AvgIpc) is 3.22. The number of nitrogens with two attached hydrogens (primary N) is 2. The van der Waals surface area contributed by atoms with Gasteiger partial charge in [0.25, 0.3) is 0 Å². The molecular formula is C17H19IN6O4. The van der Waals surface area contributed by atoms with Crippen LogP contribution in [0.15, 0.2) is 30.9 Å². The van der Waals surface area contributed by atoms with Crippen LogP contribution in [0.3, 0.4) is 0 Å². The molecule has 3 aromatic rings. The minimum absolute atomic E-state index is 0.111. The van der Waals surface area contributed by atoms with E-state index in [0.717, 1.165) is 9.13 Å². The molecular weight excluding hydrogens is 479 g/mol. The van der Waals surface area contributed by atoms with E-state index in [0.29, 0.717) is 23.5 Å². The number of nitrogens with zero attached hydrogens (tertiary/aromatic N) is 4. The van der Waals surface area contributed by atoms with E-state index < -0.39 is 24.5 Å². The molecule has 0 bridgehead atoms. The van der Waals surface area contributed by atoms with E-state index in [4.69, 9.17) is 20.9 Å². The first-order valence-corrected chi connectivity index (χ1v) is 9.60. The maximum atomic E-state index is 10.4. The molecule has 2 aromatic heterocycles. The van der Waals surface area contributed by atoms with Crippen LogP contribution in [-0.2, 0) is 16.1 Å². The second-order valence-electron chi connectivity index (χ2n) is 6.50. The Morgan fingerprint density at radius 3 is 2.79 bits per heavy atom. The molecule has 1 aliphatic heterocycles. The van der Waals surface area contributed by atoms with Crippen molar-refractivity contribution >= 4 is 45.3 Å². The molecule has 1 aromatic carbocycles. The maximum Gasteiger partial charge on any atom is 0.167 e. The largest absolute Gasteiger partial charge is 0.398 e. The van der Waals surface area contributed by atoms with Crippen LogP contribution in [0.2, 0.25) is 0 Å². The first-order chi connectivity index (χ1) is 13.5. The van der Waals surface area contributed by atoms with Crippen LogP contribution in [0.25, 0.3) is 11.2 Å². The van der Waals surface area contributed by atoms with Crippen molar-refractivity contribution in [1.82, 2.24) is 19.5 Å². The number of hydrogen-bond donors (Lipinski definition) is 4. The number of benzene rings is 1. The molecule has 6 N–H and O–H groups in total. The second kappa shape index (κ2) is 7.75. The summed E-state index contributed by atoms with van der Waals surface area (Å²) in [6.45, 7) is 0.445. The summed E-state index contributed by atoms with van der Waals surface area (Å²) in [5.74, 6) is 0.231. The second-order valence-corrected chi connectivity index (χ2v) is 7.66. The van der Waals surface area contributed by atoms with Gasteiger partial charge in [0.2, 0.25) is 0 Å². The van der Waals surface area contributed by atoms with Gasteiger partial charge in [0.15, 0.2) is 17.7 Å². The Morgan fingerprint density at radius 2 is 2.00 bits per heavy atom. The van der Waals surface area contributed by atoms with Gasteiger partial charge in [-0.15, -0.1) is 0 Å². The topological polar surface area (TPSA) is 155 Å². The number of anilines is 2. The fourth-order valence-electron chi connectivity index (χ4n) is 3.11. The number of aromatic nitrogens is 4. The van der Waals surface area contributed by atoms with E-state index in [9.17, 15) is 10.2 Å². The molecule has 4 atom stereocenters. The molecule has 11 heteroatoms. The van der Waals surface area contributed by atoms with Crippen molar-refractivity contribution in [3.05, 3.63) is 40.0 Å². The van der Waals surface area contributed by atoms with E-state index >= 15 is 0 Å². The van der Waals surface area contributed by atoms with Gasteiger partial charge in [-0.05, 0) is 40.3 Å². The summed E-state index contributed by atoms with van der Waals surface area (Å²) >= 11 is 2.16. The minimum atomic E-state index is -1.17. The van der Waals surface area contributed by atoms with Crippen molar-refractivity contribution in [3.8, 4) is 0 Å². The third-order valence-electron chi connectivity index (χ3n) is 4.61. The van der Waals surface area contributed by atoms with E-state index in [2.05, 4.69) is 37.5 Å². The summed E-state index contributed by atoms with van der Waals surface area (Å²) in [6.07, 6.45) is -1.09. The maximum absolute atomic E-state index is 10.4. The molecule has 0 unspecified atom stereocenters. The fraction of sp³-hybridized carbons (Fsp3) is 0.353. The van der Waals surface area contributed by atoms with Gasteiger partial charge in [0.05, 0.1) is 19.5 Å². The Morgan fingerprint density at radius 1 is 1.18 bits per heavy atom. The number of aliphatic hydroxyl groups excluding tert-OH is 2. The third kappa shape index (κ3) is 3.51. The zero-order valence-electron chi connectivity index (χ0n) is 14.6. The van der Waals surface area contributed by atoms with Crippen molar-refractivity contribution in [2.45, 2.75) is 31.1 Å². The van der Waals surface area contributed by atoms with Crippen LogP contribution in [0.1, 0.15) is 11.8 Å². The number of hydrogen-bond acceptors (Lipinski definition) is 9. The van der Waals surface area contributed by atoms with Crippen molar-refractivity contribution in [1.29, 1.82) is 0 Å². The molecule has 0 aliphatic carbocycles. The molecule has 1 aliphatic rings. The molecule has 0 saturated carbocycles. The first-order valence-electron chi connectivity index (χ1n) is 8.52. The third-order valence-corrected chi connectivity index (χ3v) is 5.55. The van der Waals surface area contributed by atoms with Gasteiger partial charge in [0, 0.05) is 9.26 Å². The predicted octanol–water partition coefficient (Wildman–Crippen LogP) is 0.431. The summed E-state index contributed by atoms with van der Waals surface area (Å²) < 4.78 is 14.0. The zero-order valence-corrected chi connectivity index (χ0v) is 16.8. The molecule has 4 rings (SSSR count). The fourth-order valence-corrected chi connectivity index (χ4v) is 3.69. The highest BCUT2D eigenvalue weighted by molar-refractivity contribution is 14.1. The lowest BCUT2D eigenvalue weighted by atomic mass is 10.1. The first kappa shape index (κ1) is 19.3. The van der Waals surface area contributed by atoms with E-state index in [1.807, 2.05) is 18.2 Å². The number of halogens is 1. The summed E-state index contributed by atoms with van der Waals surface area (Å²) in [5, 5.41) is 20.8. The van der Waals surface area contributed by atoms with Gasteiger partial charge in [-0.25, -0.2) is 15.0 Å². The van der Waals surface area contributed by atoms with Gasteiger partial charge in [-0.2, -0.15) is 0 Å². The SMILES string of the molecule is Nc1ccc(COC[C@H]2O[C@@H](n3cnc4c(N)ncnc43)[C@H](O)[C@@H]2O)cc1I. The summed E-state index contributed by atoms with van der Waals surface area (Å²) in [5.41, 5.74) is 14.1. The number of ether oxygens (including phenoxy) is 2. The number of fused-ring (bicyclic) bond motifs is 1. The monoisotopic (exact) mass is 498 g/mol. The molecule has 3 heterocycles.